The maximum Gasteiger partial charge on any atom is 0.315 e. The van der Waals surface area contributed by atoms with Crippen LogP contribution in [0.2, 0.25) is 0 Å². The molecule has 1 unspecified atom stereocenters. The molecule has 152 valence electrons. The van der Waals surface area contributed by atoms with Crippen LogP contribution in [0.15, 0.2) is 72.9 Å². The molecule has 0 aliphatic carbocycles. The van der Waals surface area contributed by atoms with E-state index in [9.17, 15) is 4.79 Å². The number of carbonyl (C=O) groups excluding carboxylic acids is 1. The number of benzene rings is 2. The van der Waals surface area contributed by atoms with Crippen molar-refractivity contribution in [3.63, 3.8) is 0 Å². The Balaban J connectivity index is 1.63. The van der Waals surface area contributed by atoms with Gasteiger partial charge in [-0.2, -0.15) is 5.26 Å². The topological polar surface area (TPSA) is 87.0 Å². The zero-order chi connectivity index (χ0) is 21.2. The molecule has 30 heavy (non-hydrogen) atoms. The van der Waals surface area contributed by atoms with Gasteiger partial charge in [0.25, 0.3) is 0 Å². The third-order valence-electron chi connectivity index (χ3n) is 4.57. The number of nitrogens with one attached hydrogen (secondary N) is 2. The molecule has 2 N–H and O–H groups in total. The summed E-state index contributed by atoms with van der Waals surface area (Å²) in [5.41, 5.74) is 4.01. The van der Waals surface area contributed by atoms with Crippen LogP contribution in [0.1, 0.15) is 28.4 Å². The van der Waals surface area contributed by atoms with E-state index in [1.165, 1.54) is 5.56 Å². The van der Waals surface area contributed by atoms with Crippen LogP contribution >= 0.6 is 0 Å². The molecule has 2 amide bonds. The molecule has 3 aromatic rings. The van der Waals surface area contributed by atoms with Crippen LogP contribution in [-0.2, 0) is 13.0 Å². The Kier molecular flexibility index (Phi) is 7.39. The highest BCUT2D eigenvalue weighted by Crippen LogP contribution is 2.17. The number of aryl methyl sites for hydroxylation is 1. The Morgan fingerprint density at radius 2 is 1.93 bits per heavy atom. The van der Waals surface area contributed by atoms with Gasteiger partial charge in [0, 0.05) is 12.7 Å². The van der Waals surface area contributed by atoms with Crippen LogP contribution < -0.4 is 15.4 Å². The quantitative estimate of drug-likeness (QED) is 0.597. The Hall–Kier alpha value is -3.85. The van der Waals surface area contributed by atoms with E-state index in [-0.39, 0.29) is 18.7 Å². The number of nitriles is 1. The maximum absolute atomic E-state index is 12.6. The summed E-state index contributed by atoms with van der Waals surface area (Å²) < 4.78 is 5.30. The van der Waals surface area contributed by atoms with Crippen molar-refractivity contribution in [1.29, 1.82) is 5.26 Å². The van der Waals surface area contributed by atoms with Crippen molar-refractivity contribution in [1.82, 2.24) is 15.6 Å². The summed E-state index contributed by atoms with van der Waals surface area (Å²) in [7, 11) is 0. The molecule has 2 aromatic carbocycles. The number of pyridine rings is 1. The fourth-order valence-corrected chi connectivity index (χ4v) is 3.02. The van der Waals surface area contributed by atoms with Gasteiger partial charge in [-0.15, -0.1) is 0 Å². The summed E-state index contributed by atoms with van der Waals surface area (Å²) in [5, 5.41) is 14.5. The maximum atomic E-state index is 12.6. The second kappa shape index (κ2) is 10.6. The smallest absolute Gasteiger partial charge is 0.315 e. The standard InChI is InChI=1S/C24H24N4O2/c1-18-8-10-19(11-9-18)16-23(22-7-2-3-13-26-22)28-24(29)27-17-20-5-4-6-21(15-20)30-14-12-25/h2-11,13,15,23H,14,16-17H2,1H3,(H2,27,28,29). The third kappa shape index (κ3) is 6.35. The highest BCUT2D eigenvalue weighted by molar-refractivity contribution is 5.74. The number of rotatable bonds is 8. The minimum absolute atomic E-state index is 0.0118. The van der Waals surface area contributed by atoms with Gasteiger partial charge in [-0.25, -0.2) is 4.79 Å². The number of aromatic nitrogens is 1. The molecule has 0 aliphatic heterocycles. The Labute approximate surface area is 176 Å². The molecule has 6 heteroatoms. The van der Waals surface area contributed by atoms with E-state index in [1.54, 1.807) is 18.3 Å². The van der Waals surface area contributed by atoms with Crippen LogP contribution in [0.4, 0.5) is 4.79 Å². The van der Waals surface area contributed by atoms with Gasteiger partial charge in [-0.1, -0.05) is 48.0 Å². The van der Waals surface area contributed by atoms with Crippen LogP contribution in [0.3, 0.4) is 0 Å². The third-order valence-corrected chi connectivity index (χ3v) is 4.57. The van der Waals surface area contributed by atoms with Crippen molar-refractivity contribution >= 4 is 6.03 Å². The van der Waals surface area contributed by atoms with Gasteiger partial charge >= 0.3 is 6.03 Å². The fourth-order valence-electron chi connectivity index (χ4n) is 3.02. The monoisotopic (exact) mass is 400 g/mol. The molecule has 0 bridgehead atoms. The number of ether oxygens (including phenoxy) is 1. The molecule has 1 atom stereocenters. The summed E-state index contributed by atoms with van der Waals surface area (Å²) in [4.78, 5) is 17.0. The zero-order valence-corrected chi connectivity index (χ0v) is 16.8. The van der Waals surface area contributed by atoms with Crippen molar-refractivity contribution in [2.45, 2.75) is 25.9 Å². The first-order valence-corrected chi connectivity index (χ1v) is 9.73. The van der Waals surface area contributed by atoms with E-state index in [4.69, 9.17) is 10.00 Å². The van der Waals surface area contributed by atoms with Gasteiger partial charge in [0.1, 0.15) is 11.8 Å². The van der Waals surface area contributed by atoms with E-state index in [0.717, 1.165) is 16.8 Å². The van der Waals surface area contributed by atoms with Gasteiger partial charge in [0.05, 0.1) is 11.7 Å². The lowest BCUT2D eigenvalue weighted by atomic mass is 10.0. The molecule has 3 rings (SSSR count). The molecule has 1 aromatic heterocycles. The lowest BCUT2D eigenvalue weighted by Crippen LogP contribution is -2.38. The molecule has 6 nitrogen and oxygen atoms in total. The van der Waals surface area contributed by atoms with Gasteiger partial charge in [0.2, 0.25) is 0 Å². The summed E-state index contributed by atoms with van der Waals surface area (Å²) >= 11 is 0. The van der Waals surface area contributed by atoms with Crippen molar-refractivity contribution < 1.29 is 9.53 Å². The highest BCUT2D eigenvalue weighted by Gasteiger charge is 2.16. The molecule has 0 radical (unpaired) electrons. The first kappa shape index (κ1) is 20.9. The molecular formula is C24H24N4O2. The van der Waals surface area contributed by atoms with Gasteiger partial charge < -0.3 is 15.4 Å². The minimum atomic E-state index is -0.277. The second-order valence-electron chi connectivity index (χ2n) is 6.92. The lowest BCUT2D eigenvalue weighted by molar-refractivity contribution is 0.236. The normalized spacial score (nSPS) is 11.2. The molecule has 0 fully saturated rings. The van der Waals surface area contributed by atoms with Gasteiger partial charge in [-0.3, -0.25) is 4.98 Å². The first-order chi connectivity index (χ1) is 14.6. The molecule has 0 saturated carbocycles. The van der Waals surface area contributed by atoms with Gasteiger partial charge in [0.15, 0.2) is 6.61 Å². The zero-order valence-electron chi connectivity index (χ0n) is 16.8. The largest absolute Gasteiger partial charge is 0.479 e. The van der Waals surface area contributed by atoms with Crippen LogP contribution in [0.25, 0.3) is 0 Å². The SMILES string of the molecule is Cc1ccc(CC(NC(=O)NCc2cccc(OCC#N)c2)c2ccccn2)cc1. The number of nitrogens with zero attached hydrogens (tertiary/aromatic N) is 2. The van der Waals surface area contributed by atoms with E-state index in [2.05, 4.69) is 39.9 Å². The van der Waals surface area contributed by atoms with Crippen molar-refractivity contribution in [2.75, 3.05) is 6.61 Å². The van der Waals surface area contributed by atoms with E-state index in [1.807, 2.05) is 43.3 Å². The number of carbonyl (C=O) groups is 1. The van der Waals surface area contributed by atoms with E-state index < -0.39 is 0 Å². The molecule has 0 aliphatic rings. The highest BCUT2D eigenvalue weighted by atomic mass is 16.5. The molecular weight excluding hydrogens is 376 g/mol. The average Bonchev–Trinajstić information content (AvgIpc) is 2.78. The molecule has 0 saturated heterocycles. The van der Waals surface area contributed by atoms with Crippen LogP contribution in [-0.4, -0.2) is 17.6 Å². The summed E-state index contributed by atoms with van der Waals surface area (Å²) in [6, 6.07) is 22.7. The van der Waals surface area contributed by atoms with E-state index in [0.29, 0.717) is 18.7 Å². The first-order valence-electron chi connectivity index (χ1n) is 9.73. The summed E-state index contributed by atoms with van der Waals surface area (Å²) in [5.74, 6) is 0.599. The predicted octanol–water partition coefficient (Wildman–Crippen LogP) is 4.08. The Bertz CT molecular complexity index is 998. The summed E-state index contributed by atoms with van der Waals surface area (Å²) in [6.45, 7) is 2.38. The molecule has 0 spiro atoms. The number of urea groups is 1. The van der Waals surface area contributed by atoms with Crippen molar-refractivity contribution in [3.8, 4) is 11.8 Å². The van der Waals surface area contributed by atoms with E-state index >= 15 is 0 Å². The minimum Gasteiger partial charge on any atom is -0.479 e. The summed E-state index contributed by atoms with van der Waals surface area (Å²) in [6.07, 6.45) is 2.37. The van der Waals surface area contributed by atoms with Crippen LogP contribution in [0.5, 0.6) is 5.75 Å². The number of hydrogen-bond donors (Lipinski definition) is 2. The fraction of sp³-hybridized carbons (Fsp3) is 0.208. The number of hydrogen-bond acceptors (Lipinski definition) is 4. The molecule has 1 heterocycles. The predicted molar refractivity (Wildman–Crippen MR) is 115 cm³/mol. The Morgan fingerprint density at radius 1 is 1.10 bits per heavy atom. The lowest BCUT2D eigenvalue weighted by Gasteiger charge is -2.19. The average molecular weight is 400 g/mol. The number of amides is 2. The Morgan fingerprint density at radius 3 is 2.67 bits per heavy atom. The van der Waals surface area contributed by atoms with Gasteiger partial charge in [-0.05, 0) is 48.7 Å². The second-order valence-corrected chi connectivity index (χ2v) is 6.92. The van der Waals surface area contributed by atoms with Crippen LogP contribution in [0, 0.1) is 18.3 Å². The van der Waals surface area contributed by atoms with Crippen molar-refractivity contribution in [2.24, 2.45) is 0 Å². The van der Waals surface area contributed by atoms with Crippen molar-refractivity contribution in [3.05, 3.63) is 95.3 Å².